The minimum atomic E-state index is 0.0555. The van der Waals surface area contributed by atoms with Crippen molar-refractivity contribution in [3.8, 4) is 0 Å². The Hall–Kier alpha value is -0.240. The summed E-state index contributed by atoms with van der Waals surface area (Å²) >= 11 is 12.2. The fraction of sp³-hybridized carbons (Fsp3) is 0.538. The predicted molar refractivity (Wildman–Crippen MR) is 70.3 cm³/mol. The molecule has 1 saturated heterocycles. The highest BCUT2D eigenvalue weighted by Gasteiger charge is 2.34. The topological polar surface area (TPSA) is 3.24 Å². The molecule has 1 aliphatic heterocycles. The quantitative estimate of drug-likeness (QED) is 0.724. The summed E-state index contributed by atoms with van der Waals surface area (Å²) in [5, 5.41) is 1.49. The van der Waals surface area contributed by atoms with Crippen LogP contribution in [0.2, 0.25) is 10.0 Å². The number of hydrogen-bond acceptors (Lipinski definition) is 1. The smallest absolute Gasteiger partial charge is 0.0471 e. The first-order chi connectivity index (χ1) is 7.54. The summed E-state index contributed by atoms with van der Waals surface area (Å²) in [4.78, 5) is 2.39. The summed E-state index contributed by atoms with van der Waals surface area (Å²) in [6, 6.07) is 5.83. The normalized spacial score (nSPS) is 27.0. The fourth-order valence-electron chi connectivity index (χ4n) is 2.52. The van der Waals surface area contributed by atoms with Crippen molar-refractivity contribution in [3.05, 3.63) is 33.8 Å². The van der Waals surface area contributed by atoms with E-state index in [-0.39, 0.29) is 5.54 Å². The van der Waals surface area contributed by atoms with Crippen molar-refractivity contribution in [3.63, 3.8) is 0 Å². The standard InChI is InChI=1S/C13H17Cl2N/c1-13(7-3-4-8-16(13)2)11-6-5-10(14)9-12(11)15/h5-6,9H,3-4,7-8H2,1-2H3. The predicted octanol–water partition coefficient (Wildman–Crippen LogP) is 4.32. The van der Waals surface area contributed by atoms with Gasteiger partial charge in [0, 0.05) is 15.6 Å². The number of halogens is 2. The van der Waals surface area contributed by atoms with Crippen LogP contribution in [0.5, 0.6) is 0 Å². The van der Waals surface area contributed by atoms with Gasteiger partial charge in [-0.15, -0.1) is 0 Å². The summed E-state index contributed by atoms with van der Waals surface area (Å²) in [7, 11) is 2.17. The molecule has 88 valence electrons. The number of piperidine rings is 1. The lowest BCUT2D eigenvalue weighted by Crippen LogP contribution is -2.44. The second kappa shape index (κ2) is 4.56. The molecule has 3 heteroatoms. The van der Waals surface area contributed by atoms with E-state index in [2.05, 4.69) is 24.9 Å². The first-order valence-electron chi connectivity index (χ1n) is 5.71. The zero-order chi connectivity index (χ0) is 11.8. The van der Waals surface area contributed by atoms with Crippen LogP contribution in [-0.2, 0) is 5.54 Å². The Morgan fingerprint density at radius 3 is 2.62 bits per heavy atom. The van der Waals surface area contributed by atoms with Crippen LogP contribution in [0.15, 0.2) is 18.2 Å². The first kappa shape index (κ1) is 12.2. The van der Waals surface area contributed by atoms with Crippen molar-refractivity contribution in [1.29, 1.82) is 0 Å². The van der Waals surface area contributed by atoms with Crippen LogP contribution in [0.1, 0.15) is 31.7 Å². The van der Waals surface area contributed by atoms with Crippen LogP contribution in [0.25, 0.3) is 0 Å². The van der Waals surface area contributed by atoms with Gasteiger partial charge in [0.05, 0.1) is 0 Å². The maximum Gasteiger partial charge on any atom is 0.0471 e. The molecule has 0 amide bonds. The summed E-state index contributed by atoms with van der Waals surface area (Å²) in [5.41, 5.74) is 1.25. The lowest BCUT2D eigenvalue weighted by atomic mass is 9.82. The summed E-state index contributed by atoms with van der Waals surface area (Å²) in [6.45, 7) is 3.40. The molecular formula is C13H17Cl2N. The van der Waals surface area contributed by atoms with Gasteiger partial charge >= 0.3 is 0 Å². The van der Waals surface area contributed by atoms with Gasteiger partial charge in [0.25, 0.3) is 0 Å². The molecule has 1 aromatic carbocycles. The number of rotatable bonds is 1. The molecule has 0 saturated carbocycles. The van der Waals surface area contributed by atoms with Crippen molar-refractivity contribution >= 4 is 23.2 Å². The van der Waals surface area contributed by atoms with Crippen LogP contribution >= 0.6 is 23.2 Å². The maximum absolute atomic E-state index is 6.31. The summed E-state index contributed by atoms with van der Waals surface area (Å²) in [6.07, 6.45) is 3.70. The average molecular weight is 258 g/mol. The number of nitrogens with zero attached hydrogens (tertiary/aromatic N) is 1. The zero-order valence-electron chi connectivity index (χ0n) is 9.76. The third kappa shape index (κ3) is 2.09. The summed E-state index contributed by atoms with van der Waals surface area (Å²) in [5.74, 6) is 0. The Kier molecular flexibility index (Phi) is 3.48. The Balaban J connectivity index is 2.41. The molecule has 0 bridgehead atoms. The van der Waals surface area contributed by atoms with Gasteiger partial charge < -0.3 is 0 Å². The Morgan fingerprint density at radius 1 is 1.25 bits per heavy atom. The highest BCUT2D eigenvalue weighted by atomic mass is 35.5. The monoisotopic (exact) mass is 257 g/mol. The molecule has 1 unspecified atom stereocenters. The average Bonchev–Trinajstić information content (AvgIpc) is 2.22. The Morgan fingerprint density at radius 2 is 2.00 bits per heavy atom. The van der Waals surface area contributed by atoms with Crippen molar-refractivity contribution in [2.45, 2.75) is 31.7 Å². The highest BCUT2D eigenvalue weighted by Crippen LogP contribution is 2.40. The highest BCUT2D eigenvalue weighted by molar-refractivity contribution is 6.35. The van der Waals surface area contributed by atoms with E-state index in [0.29, 0.717) is 5.02 Å². The van der Waals surface area contributed by atoms with Gasteiger partial charge in [0.1, 0.15) is 0 Å². The maximum atomic E-state index is 6.31. The molecule has 1 fully saturated rings. The minimum absolute atomic E-state index is 0.0555. The molecule has 2 rings (SSSR count). The fourth-order valence-corrected chi connectivity index (χ4v) is 3.13. The Labute approximate surface area is 107 Å². The summed E-state index contributed by atoms with van der Waals surface area (Å²) < 4.78 is 0. The molecule has 1 aliphatic rings. The van der Waals surface area contributed by atoms with E-state index in [1.165, 1.54) is 18.4 Å². The van der Waals surface area contributed by atoms with Crippen molar-refractivity contribution in [1.82, 2.24) is 4.90 Å². The molecule has 1 nitrogen and oxygen atoms in total. The molecule has 1 aromatic rings. The minimum Gasteiger partial charge on any atom is -0.297 e. The largest absolute Gasteiger partial charge is 0.297 e. The third-order valence-corrected chi connectivity index (χ3v) is 4.31. The third-order valence-electron chi connectivity index (χ3n) is 3.76. The van der Waals surface area contributed by atoms with E-state index in [9.17, 15) is 0 Å². The molecular weight excluding hydrogens is 241 g/mol. The van der Waals surface area contributed by atoms with Crippen LogP contribution < -0.4 is 0 Å². The van der Waals surface area contributed by atoms with E-state index in [1.807, 2.05) is 12.1 Å². The molecule has 0 N–H and O–H groups in total. The molecule has 16 heavy (non-hydrogen) atoms. The first-order valence-corrected chi connectivity index (χ1v) is 6.46. The van der Waals surface area contributed by atoms with Crippen molar-refractivity contribution < 1.29 is 0 Å². The molecule has 0 aromatic heterocycles. The number of benzene rings is 1. The van der Waals surface area contributed by atoms with E-state index in [4.69, 9.17) is 23.2 Å². The van der Waals surface area contributed by atoms with Gasteiger partial charge in [-0.05, 0) is 51.1 Å². The number of likely N-dealkylation sites (tertiary alicyclic amines) is 1. The molecule has 0 spiro atoms. The molecule has 0 aliphatic carbocycles. The van der Waals surface area contributed by atoms with Crippen LogP contribution in [-0.4, -0.2) is 18.5 Å². The number of hydrogen-bond donors (Lipinski definition) is 0. The van der Waals surface area contributed by atoms with Gasteiger partial charge in [-0.1, -0.05) is 35.7 Å². The SMILES string of the molecule is CN1CCCCC1(C)c1ccc(Cl)cc1Cl. The second-order valence-electron chi connectivity index (χ2n) is 4.78. The van der Waals surface area contributed by atoms with E-state index >= 15 is 0 Å². The molecule has 0 radical (unpaired) electrons. The van der Waals surface area contributed by atoms with Gasteiger partial charge in [0.2, 0.25) is 0 Å². The van der Waals surface area contributed by atoms with Crippen molar-refractivity contribution in [2.75, 3.05) is 13.6 Å². The molecule has 1 atom stereocenters. The zero-order valence-corrected chi connectivity index (χ0v) is 11.3. The van der Waals surface area contributed by atoms with Crippen LogP contribution in [0.4, 0.5) is 0 Å². The van der Waals surface area contributed by atoms with Gasteiger partial charge in [-0.3, -0.25) is 4.90 Å². The van der Waals surface area contributed by atoms with Gasteiger partial charge in [-0.2, -0.15) is 0 Å². The van der Waals surface area contributed by atoms with Crippen LogP contribution in [0.3, 0.4) is 0 Å². The lowest BCUT2D eigenvalue weighted by Gasteiger charge is -2.43. The Bertz CT molecular complexity index is 392. The van der Waals surface area contributed by atoms with E-state index in [1.54, 1.807) is 0 Å². The van der Waals surface area contributed by atoms with Gasteiger partial charge in [-0.25, -0.2) is 0 Å². The lowest BCUT2D eigenvalue weighted by molar-refractivity contribution is 0.0887. The van der Waals surface area contributed by atoms with Crippen LogP contribution in [0, 0.1) is 0 Å². The second-order valence-corrected chi connectivity index (χ2v) is 5.62. The van der Waals surface area contributed by atoms with Crippen molar-refractivity contribution in [2.24, 2.45) is 0 Å². The van der Waals surface area contributed by atoms with Gasteiger partial charge in [0.15, 0.2) is 0 Å². The molecule has 1 heterocycles. The van der Waals surface area contributed by atoms with E-state index in [0.717, 1.165) is 18.0 Å². The van der Waals surface area contributed by atoms with E-state index < -0.39 is 0 Å².